The summed E-state index contributed by atoms with van der Waals surface area (Å²) in [5, 5.41) is 9.02. The second-order valence-corrected chi connectivity index (χ2v) is 4.87. The number of unbranched alkanes of at least 4 members (excludes halogenated alkanes) is 1. The van der Waals surface area contributed by atoms with Crippen LogP contribution in [0, 0.1) is 12.8 Å². The lowest BCUT2D eigenvalue weighted by molar-refractivity contribution is -0.140. The molecule has 0 aliphatic rings. The number of nitrogens with zero attached hydrogens (tertiary/aromatic N) is 1. The van der Waals surface area contributed by atoms with Gasteiger partial charge in [-0.1, -0.05) is 38.0 Å². The molecule has 18 heavy (non-hydrogen) atoms. The molecule has 0 radical (unpaired) electrons. The Balaban J connectivity index is 2.76. The number of carboxylic acids is 1. The van der Waals surface area contributed by atoms with Crippen LogP contribution in [0.4, 0.5) is 5.69 Å². The second-order valence-electron chi connectivity index (χ2n) is 4.87. The van der Waals surface area contributed by atoms with Gasteiger partial charge in [0.2, 0.25) is 0 Å². The Kier molecular flexibility index (Phi) is 5.69. The molecular formula is C15H23NO2. The summed E-state index contributed by atoms with van der Waals surface area (Å²) in [4.78, 5) is 13.1. The quantitative estimate of drug-likeness (QED) is 0.806. The molecule has 0 fully saturated rings. The van der Waals surface area contributed by atoms with Crippen molar-refractivity contribution in [1.82, 2.24) is 0 Å². The van der Waals surface area contributed by atoms with Gasteiger partial charge in [-0.2, -0.15) is 0 Å². The van der Waals surface area contributed by atoms with E-state index in [1.54, 1.807) is 6.92 Å². The highest BCUT2D eigenvalue weighted by molar-refractivity contribution is 5.70. The fourth-order valence-corrected chi connectivity index (χ4v) is 1.84. The molecule has 1 aromatic rings. The zero-order valence-electron chi connectivity index (χ0n) is 11.5. The van der Waals surface area contributed by atoms with E-state index in [4.69, 9.17) is 5.11 Å². The summed E-state index contributed by atoms with van der Waals surface area (Å²) < 4.78 is 0. The van der Waals surface area contributed by atoms with Crippen LogP contribution in [-0.4, -0.2) is 24.2 Å². The number of rotatable bonds is 7. The monoisotopic (exact) mass is 249 g/mol. The van der Waals surface area contributed by atoms with Gasteiger partial charge in [0.15, 0.2) is 0 Å². The number of anilines is 1. The van der Waals surface area contributed by atoms with E-state index >= 15 is 0 Å². The normalized spacial score (nSPS) is 12.2. The first-order chi connectivity index (χ1) is 8.54. The smallest absolute Gasteiger partial charge is 0.308 e. The van der Waals surface area contributed by atoms with Gasteiger partial charge in [0, 0.05) is 18.8 Å². The predicted molar refractivity (Wildman–Crippen MR) is 75.1 cm³/mol. The highest BCUT2D eigenvalue weighted by atomic mass is 16.4. The second kappa shape index (κ2) is 7.04. The maximum absolute atomic E-state index is 11.0. The predicted octanol–water partition coefficient (Wildman–Crippen LogP) is 3.32. The van der Waals surface area contributed by atoms with Crippen molar-refractivity contribution >= 4 is 11.7 Å². The van der Waals surface area contributed by atoms with Crippen molar-refractivity contribution in [1.29, 1.82) is 0 Å². The lowest BCUT2D eigenvalue weighted by Crippen LogP contribution is -2.32. The molecule has 1 atom stereocenters. The molecule has 1 unspecified atom stereocenters. The summed E-state index contributed by atoms with van der Waals surface area (Å²) in [5.74, 6) is -1.08. The van der Waals surface area contributed by atoms with Gasteiger partial charge in [0.1, 0.15) is 0 Å². The fraction of sp³-hybridized carbons (Fsp3) is 0.533. The van der Waals surface area contributed by atoms with Crippen LogP contribution in [0.3, 0.4) is 0 Å². The molecule has 0 bridgehead atoms. The first-order valence-corrected chi connectivity index (χ1v) is 6.59. The van der Waals surface area contributed by atoms with Crippen molar-refractivity contribution in [3.63, 3.8) is 0 Å². The fourth-order valence-electron chi connectivity index (χ4n) is 1.84. The van der Waals surface area contributed by atoms with Crippen molar-refractivity contribution in [3.8, 4) is 0 Å². The molecule has 3 heteroatoms. The highest BCUT2D eigenvalue weighted by Crippen LogP contribution is 2.17. The van der Waals surface area contributed by atoms with Crippen molar-refractivity contribution in [2.75, 3.05) is 18.0 Å². The average molecular weight is 249 g/mol. The van der Waals surface area contributed by atoms with Crippen LogP contribution in [-0.2, 0) is 4.79 Å². The summed E-state index contributed by atoms with van der Waals surface area (Å²) in [6.45, 7) is 7.44. The lowest BCUT2D eigenvalue weighted by Gasteiger charge is -2.26. The number of aliphatic carboxylic acids is 1. The topological polar surface area (TPSA) is 40.5 Å². The number of carboxylic acid groups (broad SMARTS) is 1. The largest absolute Gasteiger partial charge is 0.481 e. The van der Waals surface area contributed by atoms with E-state index in [2.05, 4.69) is 43.0 Å². The molecule has 1 N–H and O–H groups in total. The molecule has 0 aromatic heterocycles. The van der Waals surface area contributed by atoms with Crippen LogP contribution in [0.2, 0.25) is 0 Å². The molecule has 0 amide bonds. The van der Waals surface area contributed by atoms with Crippen LogP contribution in [0.15, 0.2) is 24.3 Å². The zero-order chi connectivity index (χ0) is 13.5. The van der Waals surface area contributed by atoms with Gasteiger partial charge in [-0.15, -0.1) is 0 Å². The lowest BCUT2D eigenvalue weighted by atomic mass is 10.1. The van der Waals surface area contributed by atoms with Gasteiger partial charge in [-0.3, -0.25) is 4.79 Å². The zero-order valence-corrected chi connectivity index (χ0v) is 11.5. The Morgan fingerprint density at radius 1 is 1.33 bits per heavy atom. The van der Waals surface area contributed by atoms with Gasteiger partial charge in [0.05, 0.1) is 5.92 Å². The third-order valence-electron chi connectivity index (χ3n) is 3.10. The number of hydrogen-bond donors (Lipinski definition) is 1. The van der Waals surface area contributed by atoms with Crippen molar-refractivity contribution in [2.24, 2.45) is 5.92 Å². The van der Waals surface area contributed by atoms with Gasteiger partial charge in [-0.05, 0) is 25.5 Å². The van der Waals surface area contributed by atoms with E-state index < -0.39 is 5.97 Å². The van der Waals surface area contributed by atoms with E-state index in [1.807, 2.05) is 0 Å². The first kappa shape index (κ1) is 14.6. The summed E-state index contributed by atoms with van der Waals surface area (Å²) in [6, 6.07) is 8.28. The molecule has 0 spiro atoms. The van der Waals surface area contributed by atoms with Gasteiger partial charge in [-0.25, -0.2) is 0 Å². The van der Waals surface area contributed by atoms with Crippen LogP contribution < -0.4 is 4.90 Å². The maximum Gasteiger partial charge on any atom is 0.308 e. The van der Waals surface area contributed by atoms with E-state index in [9.17, 15) is 4.79 Å². The third kappa shape index (κ3) is 4.40. The van der Waals surface area contributed by atoms with Crippen LogP contribution in [0.5, 0.6) is 0 Å². The Morgan fingerprint density at radius 3 is 2.44 bits per heavy atom. The van der Waals surface area contributed by atoms with Crippen LogP contribution in [0.1, 0.15) is 32.3 Å². The van der Waals surface area contributed by atoms with Crippen LogP contribution in [0.25, 0.3) is 0 Å². The van der Waals surface area contributed by atoms with Crippen molar-refractivity contribution in [3.05, 3.63) is 29.8 Å². The summed E-state index contributed by atoms with van der Waals surface area (Å²) in [6.07, 6.45) is 2.20. The highest BCUT2D eigenvalue weighted by Gasteiger charge is 2.16. The summed E-state index contributed by atoms with van der Waals surface area (Å²) in [7, 11) is 0. The first-order valence-electron chi connectivity index (χ1n) is 6.59. The molecule has 100 valence electrons. The summed E-state index contributed by atoms with van der Waals surface area (Å²) >= 11 is 0. The summed E-state index contributed by atoms with van der Waals surface area (Å²) in [5.41, 5.74) is 2.34. The molecule has 0 saturated carbocycles. The molecular weight excluding hydrogens is 226 g/mol. The van der Waals surface area contributed by atoms with Crippen molar-refractivity contribution in [2.45, 2.75) is 33.6 Å². The molecule has 3 nitrogen and oxygen atoms in total. The number of benzene rings is 1. The third-order valence-corrected chi connectivity index (χ3v) is 3.10. The minimum atomic E-state index is -0.733. The molecule has 1 aromatic carbocycles. The molecule has 0 aliphatic heterocycles. The Hall–Kier alpha value is -1.51. The molecule has 0 saturated heterocycles. The van der Waals surface area contributed by atoms with Gasteiger partial charge < -0.3 is 10.0 Å². The molecule has 1 rings (SSSR count). The van der Waals surface area contributed by atoms with E-state index in [-0.39, 0.29) is 5.92 Å². The van der Waals surface area contributed by atoms with Gasteiger partial charge in [0.25, 0.3) is 0 Å². The van der Waals surface area contributed by atoms with E-state index in [0.717, 1.165) is 25.1 Å². The Labute approximate surface area is 109 Å². The maximum atomic E-state index is 11.0. The number of aryl methyl sites for hydroxylation is 1. The van der Waals surface area contributed by atoms with Crippen LogP contribution >= 0.6 is 0 Å². The number of hydrogen-bond acceptors (Lipinski definition) is 2. The average Bonchev–Trinajstić information content (AvgIpc) is 2.35. The van der Waals surface area contributed by atoms with Gasteiger partial charge >= 0.3 is 5.97 Å². The minimum absolute atomic E-state index is 0.344. The Morgan fingerprint density at radius 2 is 1.94 bits per heavy atom. The molecule has 0 heterocycles. The Bertz CT molecular complexity index is 373. The molecule has 0 aliphatic carbocycles. The van der Waals surface area contributed by atoms with Crippen molar-refractivity contribution < 1.29 is 9.90 Å². The minimum Gasteiger partial charge on any atom is -0.481 e. The van der Waals surface area contributed by atoms with E-state index in [1.165, 1.54) is 5.56 Å². The number of carbonyl (C=O) groups is 1. The standard InChI is InChI=1S/C15H23NO2/c1-4-5-10-16(11-13(3)15(17)18)14-8-6-12(2)7-9-14/h6-9,13H,4-5,10-11H2,1-3H3,(H,17,18). The van der Waals surface area contributed by atoms with E-state index in [0.29, 0.717) is 6.54 Å². The SMILES string of the molecule is CCCCN(CC(C)C(=O)O)c1ccc(C)cc1.